The first kappa shape index (κ1) is 27.4. The smallest absolute Gasteiger partial charge is 0.309 e. The summed E-state index contributed by atoms with van der Waals surface area (Å²) in [6.45, 7) is 0.322. The third kappa shape index (κ3) is 6.00. The molecule has 1 atom stereocenters. The lowest BCUT2D eigenvalue weighted by Gasteiger charge is -2.15. The summed E-state index contributed by atoms with van der Waals surface area (Å²) in [7, 11) is 6.07. The number of nitrogens with one attached hydrogen (secondary N) is 1. The summed E-state index contributed by atoms with van der Waals surface area (Å²) < 4.78 is 21.7. The molecule has 2 aromatic carbocycles. The molecule has 0 fully saturated rings. The van der Waals surface area contributed by atoms with Gasteiger partial charge < -0.3 is 47.5 Å². The van der Waals surface area contributed by atoms with Crippen molar-refractivity contribution >= 4 is 28.8 Å². The van der Waals surface area contributed by atoms with Gasteiger partial charge in [-0.25, -0.2) is 0 Å². The van der Waals surface area contributed by atoms with Crippen LogP contribution in [-0.4, -0.2) is 58.0 Å². The number of hydrogen-bond acceptors (Lipinski definition) is 8. The second kappa shape index (κ2) is 12.0. The molecule has 1 aliphatic heterocycles. The van der Waals surface area contributed by atoms with Gasteiger partial charge in [0, 0.05) is 11.1 Å². The van der Waals surface area contributed by atoms with Crippen LogP contribution in [0.25, 0.3) is 11.3 Å². The van der Waals surface area contributed by atoms with Gasteiger partial charge >= 0.3 is 5.97 Å². The molecule has 5 N–H and O–H groups in total. The molecule has 0 radical (unpaired) electrons. The first-order valence-electron chi connectivity index (χ1n) is 10.3. The standard InChI is InChI=1S/C23H26N4O7.ClH/c1-31-17-6-5-12(7-16(17)26-23(30)15(24)10-20(28)29)14-11-25-27-21(14)13-8-18(32-2)22(34-4)19(9-13)33-3;/h5-9,15H,10-11,24H2,1-4H3,(H,26,30)(H,28,29);1H. The Morgan fingerprint density at radius 2 is 1.63 bits per heavy atom. The number of benzene rings is 2. The number of azo groups is 1. The Labute approximate surface area is 208 Å². The summed E-state index contributed by atoms with van der Waals surface area (Å²) in [4.78, 5) is 23.4. The molecule has 0 aromatic heterocycles. The fourth-order valence-corrected chi connectivity index (χ4v) is 3.52. The highest BCUT2D eigenvalue weighted by atomic mass is 35.5. The van der Waals surface area contributed by atoms with Crippen molar-refractivity contribution in [2.75, 3.05) is 40.3 Å². The fourth-order valence-electron chi connectivity index (χ4n) is 3.52. The number of carbonyl (C=O) groups excluding carboxylic acids is 1. The maximum absolute atomic E-state index is 12.5. The minimum absolute atomic E-state index is 0. The fraction of sp³-hybridized carbons (Fsp3) is 0.304. The summed E-state index contributed by atoms with van der Waals surface area (Å²) in [5.41, 5.74) is 6.89. The molecule has 0 saturated carbocycles. The molecule has 12 heteroatoms. The van der Waals surface area contributed by atoms with Crippen molar-refractivity contribution in [2.45, 2.75) is 12.5 Å². The molecule has 3 rings (SSSR count). The maximum Gasteiger partial charge on any atom is 0.309 e. The average molecular weight is 507 g/mol. The summed E-state index contributed by atoms with van der Waals surface area (Å²) in [5, 5.41) is 20.2. The molecule has 1 amide bonds. The van der Waals surface area contributed by atoms with Crippen LogP contribution in [0.5, 0.6) is 23.0 Å². The highest BCUT2D eigenvalue weighted by Gasteiger charge is 2.24. The molecular formula is C23H27ClN4O7. The van der Waals surface area contributed by atoms with Gasteiger partial charge in [-0.2, -0.15) is 10.2 Å². The Kier molecular flexibility index (Phi) is 9.43. The number of aliphatic carboxylic acids is 1. The normalized spacial score (nSPS) is 13.1. The van der Waals surface area contributed by atoms with Gasteiger partial charge in [-0.05, 0) is 29.8 Å². The van der Waals surface area contributed by atoms with E-state index in [1.165, 1.54) is 28.4 Å². The van der Waals surface area contributed by atoms with Crippen LogP contribution in [0.1, 0.15) is 17.5 Å². The van der Waals surface area contributed by atoms with E-state index in [0.717, 1.165) is 11.1 Å². The largest absolute Gasteiger partial charge is 1.00 e. The highest BCUT2D eigenvalue weighted by molar-refractivity contribution is 5.99. The zero-order chi connectivity index (χ0) is 24.8. The molecule has 1 aliphatic rings. The molecule has 0 saturated heterocycles. The van der Waals surface area contributed by atoms with Crippen LogP contribution < -0.4 is 42.4 Å². The number of carboxylic acid groups (broad SMARTS) is 1. The highest BCUT2D eigenvalue weighted by Crippen LogP contribution is 2.43. The minimum Gasteiger partial charge on any atom is -1.00 e. The number of halogens is 1. The van der Waals surface area contributed by atoms with E-state index >= 15 is 0 Å². The number of quaternary nitrogens is 1. The molecule has 0 bridgehead atoms. The van der Waals surface area contributed by atoms with Crippen LogP contribution >= 0.6 is 0 Å². The number of hydrogen-bond donors (Lipinski definition) is 3. The van der Waals surface area contributed by atoms with Crippen LogP contribution in [0.3, 0.4) is 0 Å². The van der Waals surface area contributed by atoms with Crippen molar-refractivity contribution in [1.29, 1.82) is 0 Å². The van der Waals surface area contributed by atoms with E-state index in [0.29, 0.717) is 46.5 Å². The van der Waals surface area contributed by atoms with E-state index < -0.39 is 17.9 Å². The lowest BCUT2D eigenvalue weighted by Crippen LogP contribution is -3.00. The average Bonchev–Trinajstić information content (AvgIpc) is 3.32. The first-order chi connectivity index (χ1) is 16.3. The van der Waals surface area contributed by atoms with Crippen LogP contribution in [0.4, 0.5) is 5.69 Å². The third-order valence-corrected chi connectivity index (χ3v) is 5.22. The van der Waals surface area contributed by atoms with E-state index in [2.05, 4.69) is 21.3 Å². The van der Waals surface area contributed by atoms with Crippen molar-refractivity contribution in [3.05, 3.63) is 41.5 Å². The van der Waals surface area contributed by atoms with Gasteiger partial charge in [0.2, 0.25) is 5.75 Å². The first-order valence-corrected chi connectivity index (χ1v) is 10.3. The Hall–Kier alpha value is -3.83. The van der Waals surface area contributed by atoms with E-state index in [9.17, 15) is 9.59 Å². The van der Waals surface area contributed by atoms with Crippen LogP contribution in [0.15, 0.2) is 40.6 Å². The topological polar surface area (TPSA) is 156 Å². The Morgan fingerprint density at radius 3 is 2.17 bits per heavy atom. The van der Waals surface area contributed by atoms with Gasteiger partial charge in [-0.1, -0.05) is 6.07 Å². The lowest BCUT2D eigenvalue weighted by atomic mass is 9.99. The number of ether oxygens (including phenoxy) is 4. The Bertz CT molecular complexity index is 1140. The number of amides is 1. The maximum atomic E-state index is 12.5. The number of anilines is 1. The monoisotopic (exact) mass is 506 g/mol. The summed E-state index contributed by atoms with van der Waals surface area (Å²) in [6.07, 6.45) is -0.387. The van der Waals surface area contributed by atoms with Gasteiger partial charge in [-0.3, -0.25) is 9.59 Å². The van der Waals surface area contributed by atoms with Crippen LogP contribution in [0.2, 0.25) is 0 Å². The summed E-state index contributed by atoms with van der Waals surface area (Å²) in [5.74, 6) is 0.204. The molecule has 188 valence electrons. The Balaban J connectivity index is 0.00000432. The predicted octanol–water partition coefficient (Wildman–Crippen LogP) is -0.917. The summed E-state index contributed by atoms with van der Waals surface area (Å²) >= 11 is 0. The van der Waals surface area contributed by atoms with E-state index in [-0.39, 0.29) is 18.8 Å². The van der Waals surface area contributed by atoms with E-state index in [1.807, 2.05) is 6.07 Å². The molecule has 1 unspecified atom stereocenters. The summed E-state index contributed by atoms with van der Waals surface area (Å²) in [6, 6.07) is 7.87. The molecular weight excluding hydrogens is 480 g/mol. The van der Waals surface area contributed by atoms with Crippen molar-refractivity contribution in [3.8, 4) is 23.0 Å². The number of methoxy groups -OCH3 is 4. The number of carboxylic acids is 1. The number of carbonyl (C=O) groups is 2. The number of nitrogens with zero attached hydrogens (tertiary/aromatic N) is 2. The van der Waals surface area contributed by atoms with Crippen LogP contribution in [0, 0.1) is 0 Å². The second-order valence-corrected chi connectivity index (χ2v) is 7.34. The van der Waals surface area contributed by atoms with Crippen molar-refractivity contribution in [3.63, 3.8) is 0 Å². The van der Waals surface area contributed by atoms with Crippen molar-refractivity contribution in [2.24, 2.45) is 10.2 Å². The third-order valence-electron chi connectivity index (χ3n) is 5.22. The molecule has 0 spiro atoms. The molecule has 1 heterocycles. The van der Waals surface area contributed by atoms with Gasteiger partial charge in [-0.15, -0.1) is 0 Å². The zero-order valence-corrected chi connectivity index (χ0v) is 20.5. The molecule has 2 aromatic rings. The molecule has 35 heavy (non-hydrogen) atoms. The predicted molar refractivity (Wildman–Crippen MR) is 123 cm³/mol. The SMILES string of the molecule is COc1ccc(C2=C(c3cc(OC)c(OC)c(OC)c3)N=NC2)cc1NC(=O)C([NH3+])CC(=O)O.[Cl-]. The lowest BCUT2D eigenvalue weighted by molar-refractivity contribution is -0.401. The van der Waals surface area contributed by atoms with Gasteiger partial charge in [0.25, 0.3) is 5.91 Å². The molecule has 0 aliphatic carbocycles. The Morgan fingerprint density at radius 1 is 1.00 bits per heavy atom. The van der Waals surface area contributed by atoms with Gasteiger partial charge in [0.1, 0.15) is 12.2 Å². The van der Waals surface area contributed by atoms with Gasteiger partial charge in [0.15, 0.2) is 17.5 Å². The molecule has 11 nitrogen and oxygen atoms in total. The quantitative estimate of drug-likeness (QED) is 0.376. The number of rotatable bonds is 10. The second-order valence-electron chi connectivity index (χ2n) is 7.34. The van der Waals surface area contributed by atoms with Crippen LogP contribution in [-0.2, 0) is 9.59 Å². The van der Waals surface area contributed by atoms with Crippen molar-refractivity contribution < 1.29 is 51.8 Å². The minimum atomic E-state index is -1.11. The zero-order valence-electron chi connectivity index (χ0n) is 19.8. The van der Waals surface area contributed by atoms with Crippen molar-refractivity contribution in [1.82, 2.24) is 0 Å². The van der Waals surface area contributed by atoms with E-state index in [1.54, 1.807) is 24.3 Å². The van der Waals surface area contributed by atoms with E-state index in [4.69, 9.17) is 24.1 Å². The van der Waals surface area contributed by atoms with Gasteiger partial charge in [0.05, 0.1) is 46.4 Å².